The molecule has 0 bridgehead atoms. The van der Waals surface area contributed by atoms with Crippen molar-refractivity contribution in [3.05, 3.63) is 71.0 Å². The number of hydroxylamine groups is 1. The lowest BCUT2D eigenvalue weighted by molar-refractivity contribution is -0.137. The molecule has 5 nitrogen and oxygen atoms in total. The molecule has 1 fully saturated rings. The summed E-state index contributed by atoms with van der Waals surface area (Å²) in [4.78, 5) is 31.1. The van der Waals surface area contributed by atoms with E-state index in [0.29, 0.717) is 10.5 Å². The van der Waals surface area contributed by atoms with Gasteiger partial charge in [0.05, 0.1) is 22.5 Å². The molecule has 2 aliphatic heterocycles. The number of anilines is 1. The fourth-order valence-corrected chi connectivity index (χ4v) is 2.99. The Kier molecular flexibility index (Phi) is 3.77. The molecule has 2 aromatic carbocycles. The Labute approximate surface area is 149 Å². The molecule has 4 rings (SSSR count). The van der Waals surface area contributed by atoms with Crippen LogP contribution in [0.5, 0.6) is 0 Å². The third-order valence-electron chi connectivity index (χ3n) is 4.25. The molecule has 2 amide bonds. The summed E-state index contributed by atoms with van der Waals surface area (Å²) < 4.78 is 51.9. The number of benzene rings is 2. The largest absolute Gasteiger partial charge is 0.416 e. The molecule has 0 spiro atoms. The minimum atomic E-state index is -4.62. The van der Waals surface area contributed by atoms with Gasteiger partial charge in [0.1, 0.15) is 5.82 Å². The van der Waals surface area contributed by atoms with E-state index >= 15 is 0 Å². The lowest BCUT2D eigenvalue weighted by atomic mass is 10.0. The quantitative estimate of drug-likeness (QED) is 0.645. The van der Waals surface area contributed by atoms with Gasteiger partial charge >= 0.3 is 6.18 Å². The predicted molar refractivity (Wildman–Crippen MR) is 85.3 cm³/mol. The molecule has 1 saturated heterocycles. The Morgan fingerprint density at radius 3 is 2.41 bits per heavy atom. The van der Waals surface area contributed by atoms with Gasteiger partial charge in [0.2, 0.25) is 0 Å². The maximum absolute atomic E-state index is 13.1. The van der Waals surface area contributed by atoms with E-state index in [0.717, 1.165) is 18.2 Å². The third-order valence-corrected chi connectivity index (χ3v) is 4.25. The summed E-state index contributed by atoms with van der Waals surface area (Å²) in [5.41, 5.74) is 1.82. The SMILES string of the molecule is O=C1C2=C(c3ccc(F)cc3)NO[C@@H]2C(=O)N1c1cccc(C(F)(F)F)c1. The average Bonchev–Trinajstić information content (AvgIpc) is 3.16. The highest BCUT2D eigenvalue weighted by Crippen LogP contribution is 2.38. The van der Waals surface area contributed by atoms with Crippen LogP contribution in [-0.4, -0.2) is 17.9 Å². The minimum Gasteiger partial charge on any atom is -0.270 e. The normalized spacial score (nSPS) is 19.6. The Bertz CT molecular complexity index is 983. The van der Waals surface area contributed by atoms with Crippen LogP contribution in [0.25, 0.3) is 5.70 Å². The molecule has 2 aliphatic rings. The second-order valence-electron chi connectivity index (χ2n) is 5.92. The number of hydrogen-bond acceptors (Lipinski definition) is 4. The Morgan fingerprint density at radius 1 is 1.04 bits per heavy atom. The smallest absolute Gasteiger partial charge is 0.270 e. The van der Waals surface area contributed by atoms with Gasteiger partial charge in [-0.15, -0.1) is 0 Å². The number of halogens is 4. The molecule has 0 aromatic heterocycles. The van der Waals surface area contributed by atoms with E-state index in [2.05, 4.69) is 5.48 Å². The first-order chi connectivity index (χ1) is 12.8. The molecule has 2 heterocycles. The van der Waals surface area contributed by atoms with Crippen LogP contribution >= 0.6 is 0 Å². The number of fused-ring (bicyclic) bond motifs is 1. The molecular formula is C18H10F4N2O3. The van der Waals surface area contributed by atoms with Gasteiger partial charge in [0.15, 0.2) is 6.10 Å². The molecule has 0 aliphatic carbocycles. The molecule has 0 unspecified atom stereocenters. The van der Waals surface area contributed by atoms with Gasteiger partial charge in [0, 0.05) is 5.56 Å². The predicted octanol–water partition coefficient (Wildman–Crippen LogP) is 3.03. The molecule has 0 radical (unpaired) electrons. The molecule has 138 valence electrons. The highest BCUT2D eigenvalue weighted by Gasteiger charge is 2.51. The second-order valence-corrected chi connectivity index (χ2v) is 5.92. The Morgan fingerprint density at radius 2 is 1.74 bits per heavy atom. The summed E-state index contributed by atoms with van der Waals surface area (Å²) >= 11 is 0. The van der Waals surface area contributed by atoms with Gasteiger partial charge in [-0.2, -0.15) is 13.2 Å². The standard InChI is InChI=1S/C18H10F4N2O3/c19-11-6-4-9(5-7-11)14-13-15(27-23-14)17(26)24(16(13)25)12-3-1-2-10(8-12)18(20,21)22/h1-8,15,23H/t15-/m0/s1. The van der Waals surface area contributed by atoms with Crippen molar-refractivity contribution in [3.63, 3.8) is 0 Å². The average molecular weight is 378 g/mol. The fraction of sp³-hybridized carbons (Fsp3) is 0.111. The first-order valence-electron chi connectivity index (χ1n) is 7.74. The van der Waals surface area contributed by atoms with Crippen LogP contribution < -0.4 is 10.4 Å². The zero-order valence-electron chi connectivity index (χ0n) is 13.4. The minimum absolute atomic E-state index is 0.0379. The first kappa shape index (κ1) is 17.2. The summed E-state index contributed by atoms with van der Waals surface area (Å²) in [7, 11) is 0. The van der Waals surface area contributed by atoms with Crippen molar-refractivity contribution in [1.82, 2.24) is 5.48 Å². The lowest BCUT2D eigenvalue weighted by Crippen LogP contribution is -2.34. The molecule has 0 saturated carbocycles. The monoisotopic (exact) mass is 378 g/mol. The van der Waals surface area contributed by atoms with Crippen LogP contribution in [0.2, 0.25) is 0 Å². The summed E-state index contributed by atoms with van der Waals surface area (Å²) in [6.07, 6.45) is -5.90. The highest BCUT2D eigenvalue weighted by atomic mass is 19.4. The summed E-state index contributed by atoms with van der Waals surface area (Å²) in [5.74, 6) is -2.09. The van der Waals surface area contributed by atoms with E-state index in [1.54, 1.807) is 0 Å². The van der Waals surface area contributed by atoms with Gasteiger partial charge in [-0.25, -0.2) is 9.29 Å². The van der Waals surface area contributed by atoms with E-state index in [9.17, 15) is 27.2 Å². The number of carbonyl (C=O) groups excluding carboxylic acids is 2. The van der Waals surface area contributed by atoms with Crippen LogP contribution in [0.1, 0.15) is 11.1 Å². The summed E-state index contributed by atoms with van der Waals surface area (Å²) in [6.45, 7) is 0. The Hall–Kier alpha value is -3.20. The van der Waals surface area contributed by atoms with Crippen LogP contribution in [-0.2, 0) is 20.6 Å². The topological polar surface area (TPSA) is 58.6 Å². The second kappa shape index (κ2) is 5.92. The van der Waals surface area contributed by atoms with Crippen molar-refractivity contribution in [3.8, 4) is 0 Å². The molecular weight excluding hydrogens is 368 g/mol. The summed E-state index contributed by atoms with van der Waals surface area (Å²) in [6, 6.07) is 9.04. The molecule has 1 N–H and O–H groups in total. The van der Waals surface area contributed by atoms with E-state index in [-0.39, 0.29) is 17.0 Å². The summed E-state index contributed by atoms with van der Waals surface area (Å²) in [5, 5.41) is 0. The maximum atomic E-state index is 13.1. The molecule has 2 aromatic rings. The van der Waals surface area contributed by atoms with Crippen LogP contribution in [0.4, 0.5) is 23.2 Å². The molecule has 1 atom stereocenters. The van der Waals surface area contributed by atoms with Gasteiger partial charge in [-0.3, -0.25) is 19.9 Å². The van der Waals surface area contributed by atoms with E-state index in [1.165, 1.54) is 30.3 Å². The fourth-order valence-electron chi connectivity index (χ4n) is 2.99. The van der Waals surface area contributed by atoms with Crippen LogP contribution in [0.3, 0.4) is 0 Å². The molecule has 27 heavy (non-hydrogen) atoms. The number of alkyl halides is 3. The van der Waals surface area contributed by atoms with Crippen molar-refractivity contribution in [2.24, 2.45) is 0 Å². The Balaban J connectivity index is 1.77. The number of rotatable bonds is 2. The van der Waals surface area contributed by atoms with Crippen molar-refractivity contribution >= 4 is 23.2 Å². The molecule has 9 heteroatoms. The van der Waals surface area contributed by atoms with Gasteiger partial charge in [-0.05, 0) is 42.5 Å². The van der Waals surface area contributed by atoms with Gasteiger partial charge < -0.3 is 0 Å². The van der Waals surface area contributed by atoms with Crippen LogP contribution in [0, 0.1) is 5.82 Å². The number of carbonyl (C=O) groups is 2. The number of nitrogens with one attached hydrogen (secondary N) is 1. The van der Waals surface area contributed by atoms with Gasteiger partial charge in [0.25, 0.3) is 11.8 Å². The van der Waals surface area contributed by atoms with Gasteiger partial charge in [-0.1, -0.05) is 6.07 Å². The maximum Gasteiger partial charge on any atom is 0.416 e. The van der Waals surface area contributed by atoms with Crippen LogP contribution in [0.15, 0.2) is 54.1 Å². The number of imide groups is 1. The first-order valence-corrected chi connectivity index (χ1v) is 7.74. The van der Waals surface area contributed by atoms with Crippen molar-refractivity contribution in [2.45, 2.75) is 12.3 Å². The van der Waals surface area contributed by atoms with E-state index < -0.39 is 35.5 Å². The zero-order valence-corrected chi connectivity index (χ0v) is 13.4. The number of amides is 2. The number of nitrogens with zero attached hydrogens (tertiary/aromatic N) is 1. The highest BCUT2D eigenvalue weighted by molar-refractivity contribution is 6.33. The van der Waals surface area contributed by atoms with E-state index in [4.69, 9.17) is 4.84 Å². The lowest BCUT2D eigenvalue weighted by Gasteiger charge is -2.17. The van der Waals surface area contributed by atoms with Crippen molar-refractivity contribution in [2.75, 3.05) is 4.90 Å². The zero-order chi connectivity index (χ0) is 19.3. The van der Waals surface area contributed by atoms with Crippen molar-refractivity contribution in [1.29, 1.82) is 0 Å². The van der Waals surface area contributed by atoms with Crippen molar-refractivity contribution < 1.29 is 32.0 Å². The third kappa shape index (κ3) is 2.76. The number of hydrogen-bond donors (Lipinski definition) is 1. The van der Waals surface area contributed by atoms with E-state index in [1.807, 2.05) is 0 Å².